The number of aromatic nitrogens is 3. The Morgan fingerprint density at radius 3 is 2.51 bits per heavy atom. The number of halogens is 3. The number of nitrogens with zero attached hydrogens (tertiary/aromatic N) is 4. The topological polar surface area (TPSA) is 86.2 Å². The van der Waals surface area contributed by atoms with E-state index in [0.29, 0.717) is 36.7 Å². The number of nitrogens with one attached hydrogen (secondary N) is 2. The minimum absolute atomic E-state index is 0.0760. The first-order valence-electron chi connectivity index (χ1n) is 12.7. The predicted octanol–water partition coefficient (Wildman–Crippen LogP) is 5.08. The molecule has 0 radical (unpaired) electrons. The smallest absolute Gasteiger partial charge is 0.393 e. The maximum atomic E-state index is 14.0. The van der Waals surface area contributed by atoms with E-state index in [1.165, 1.54) is 6.20 Å². The maximum absolute atomic E-state index is 14.0. The number of alkyl halides is 3. The Bertz CT molecular complexity index is 972. The third-order valence-electron chi connectivity index (χ3n) is 6.80. The third kappa shape index (κ3) is 6.82. The molecular formula is C25H35F3N6O. The van der Waals surface area contributed by atoms with Gasteiger partial charge in [-0.2, -0.15) is 18.2 Å². The van der Waals surface area contributed by atoms with E-state index in [1.807, 2.05) is 4.90 Å². The molecule has 1 aliphatic carbocycles. The highest BCUT2D eigenvalue weighted by Gasteiger charge is 2.35. The first-order chi connectivity index (χ1) is 16.8. The number of aliphatic hydroxyl groups is 1. The van der Waals surface area contributed by atoms with Gasteiger partial charge in [-0.25, -0.2) is 4.98 Å². The second-order valence-corrected chi connectivity index (χ2v) is 9.59. The standard InChI is InChI=1S/C25H35F3N6O/c1-2-3-10-29-24-31-15-20(23(33-24)32-18-6-8-19(35)9-7-18)22-13-21(25(26,27)28)17(14-30-22)16-34-11-4-5-12-34/h13-15,18-19,35H,2-12,16H2,1H3,(H2,29,31,32,33). The molecule has 0 bridgehead atoms. The number of aliphatic hydroxyl groups excluding tert-OH is 1. The number of hydrogen-bond acceptors (Lipinski definition) is 7. The number of anilines is 2. The Morgan fingerprint density at radius 2 is 1.83 bits per heavy atom. The summed E-state index contributed by atoms with van der Waals surface area (Å²) in [5, 5.41) is 16.4. The molecule has 0 spiro atoms. The molecule has 1 aliphatic heterocycles. The Labute approximate surface area is 204 Å². The van der Waals surface area contributed by atoms with Crippen molar-refractivity contribution in [3.05, 3.63) is 29.6 Å². The van der Waals surface area contributed by atoms with Gasteiger partial charge in [0.2, 0.25) is 5.95 Å². The summed E-state index contributed by atoms with van der Waals surface area (Å²) >= 11 is 0. The van der Waals surface area contributed by atoms with Gasteiger partial charge in [-0.05, 0) is 69.7 Å². The van der Waals surface area contributed by atoms with E-state index in [-0.39, 0.29) is 29.9 Å². The van der Waals surface area contributed by atoms with Crippen molar-refractivity contribution >= 4 is 11.8 Å². The van der Waals surface area contributed by atoms with Crippen LogP contribution in [0.2, 0.25) is 0 Å². The summed E-state index contributed by atoms with van der Waals surface area (Å²) < 4.78 is 42.1. The summed E-state index contributed by atoms with van der Waals surface area (Å²) in [6.45, 7) is 4.67. The lowest BCUT2D eigenvalue weighted by Crippen LogP contribution is -2.29. The largest absolute Gasteiger partial charge is 0.416 e. The van der Waals surface area contributed by atoms with Crippen LogP contribution in [0.1, 0.15) is 69.4 Å². The van der Waals surface area contributed by atoms with Crippen molar-refractivity contribution in [1.82, 2.24) is 19.9 Å². The number of likely N-dealkylation sites (tertiary alicyclic amines) is 1. The van der Waals surface area contributed by atoms with Gasteiger partial charge in [-0.3, -0.25) is 9.88 Å². The highest BCUT2D eigenvalue weighted by molar-refractivity contribution is 5.73. The van der Waals surface area contributed by atoms with E-state index in [4.69, 9.17) is 0 Å². The van der Waals surface area contributed by atoms with Crippen LogP contribution < -0.4 is 10.6 Å². The SMILES string of the molecule is CCCCNc1ncc(-c2cc(C(F)(F)F)c(CN3CCCC3)cn2)c(NC2CCC(O)CC2)n1. The molecular weight excluding hydrogens is 457 g/mol. The zero-order valence-corrected chi connectivity index (χ0v) is 20.2. The van der Waals surface area contributed by atoms with E-state index in [0.717, 1.165) is 57.7 Å². The fourth-order valence-electron chi connectivity index (χ4n) is 4.76. The van der Waals surface area contributed by atoms with Crippen molar-refractivity contribution in [2.45, 2.75) is 83.2 Å². The molecule has 0 amide bonds. The molecule has 2 aromatic rings. The maximum Gasteiger partial charge on any atom is 0.416 e. The third-order valence-corrected chi connectivity index (χ3v) is 6.80. The average Bonchev–Trinajstić information content (AvgIpc) is 3.34. The molecule has 2 fully saturated rings. The summed E-state index contributed by atoms with van der Waals surface area (Å²) in [7, 11) is 0. The van der Waals surface area contributed by atoms with E-state index in [1.54, 1.807) is 6.20 Å². The van der Waals surface area contributed by atoms with Crippen LogP contribution in [0, 0.1) is 0 Å². The molecule has 3 N–H and O–H groups in total. The second-order valence-electron chi connectivity index (χ2n) is 9.59. The fourth-order valence-corrected chi connectivity index (χ4v) is 4.76. The number of pyridine rings is 1. The van der Waals surface area contributed by atoms with Gasteiger partial charge in [-0.15, -0.1) is 0 Å². The summed E-state index contributed by atoms with van der Waals surface area (Å²) in [4.78, 5) is 15.4. The molecule has 7 nitrogen and oxygen atoms in total. The molecule has 1 saturated carbocycles. The van der Waals surface area contributed by atoms with Crippen LogP contribution in [0.3, 0.4) is 0 Å². The first kappa shape index (κ1) is 25.6. The van der Waals surface area contributed by atoms with Crippen LogP contribution in [0.25, 0.3) is 11.3 Å². The zero-order valence-electron chi connectivity index (χ0n) is 20.2. The minimum Gasteiger partial charge on any atom is -0.393 e. The van der Waals surface area contributed by atoms with Gasteiger partial charge >= 0.3 is 6.18 Å². The Morgan fingerprint density at radius 1 is 1.09 bits per heavy atom. The molecule has 2 aromatic heterocycles. The van der Waals surface area contributed by atoms with Gasteiger partial charge in [0.05, 0.1) is 22.9 Å². The van der Waals surface area contributed by atoms with E-state index in [9.17, 15) is 18.3 Å². The van der Waals surface area contributed by atoms with Crippen molar-refractivity contribution in [3.8, 4) is 11.3 Å². The molecule has 10 heteroatoms. The highest BCUT2D eigenvalue weighted by Crippen LogP contribution is 2.36. The summed E-state index contributed by atoms with van der Waals surface area (Å²) in [6, 6.07) is 1.21. The van der Waals surface area contributed by atoms with Crippen LogP contribution in [-0.2, 0) is 12.7 Å². The highest BCUT2D eigenvalue weighted by atomic mass is 19.4. The predicted molar refractivity (Wildman–Crippen MR) is 130 cm³/mol. The summed E-state index contributed by atoms with van der Waals surface area (Å²) in [5.41, 5.74) is 0.167. The van der Waals surface area contributed by atoms with E-state index >= 15 is 0 Å². The van der Waals surface area contributed by atoms with Crippen molar-refractivity contribution in [2.24, 2.45) is 0 Å². The van der Waals surface area contributed by atoms with Crippen LogP contribution in [0.4, 0.5) is 24.9 Å². The Kier molecular flexibility index (Phi) is 8.43. The molecule has 35 heavy (non-hydrogen) atoms. The molecule has 3 heterocycles. The van der Waals surface area contributed by atoms with Gasteiger partial charge in [0.15, 0.2) is 0 Å². The molecule has 1 saturated heterocycles. The number of hydrogen-bond donors (Lipinski definition) is 3. The van der Waals surface area contributed by atoms with Gasteiger partial charge in [0.1, 0.15) is 5.82 Å². The molecule has 0 aromatic carbocycles. The quantitative estimate of drug-likeness (QED) is 0.421. The van der Waals surface area contributed by atoms with Crippen LogP contribution >= 0.6 is 0 Å². The minimum atomic E-state index is -4.48. The monoisotopic (exact) mass is 492 g/mol. The van der Waals surface area contributed by atoms with Crippen LogP contribution in [-0.4, -0.2) is 56.7 Å². The molecule has 4 rings (SSSR count). The average molecular weight is 493 g/mol. The second kappa shape index (κ2) is 11.5. The summed E-state index contributed by atoms with van der Waals surface area (Å²) in [5.74, 6) is 0.899. The van der Waals surface area contributed by atoms with E-state index < -0.39 is 11.7 Å². The van der Waals surface area contributed by atoms with Crippen LogP contribution in [0.15, 0.2) is 18.5 Å². The molecule has 0 atom stereocenters. The molecule has 2 aliphatic rings. The van der Waals surface area contributed by atoms with Crippen molar-refractivity contribution in [3.63, 3.8) is 0 Å². The Balaban J connectivity index is 1.65. The lowest BCUT2D eigenvalue weighted by molar-refractivity contribution is -0.138. The van der Waals surface area contributed by atoms with Crippen molar-refractivity contribution in [2.75, 3.05) is 30.3 Å². The fraction of sp³-hybridized carbons (Fsp3) is 0.640. The molecule has 0 unspecified atom stereocenters. The number of rotatable bonds is 9. The number of unbranched alkanes of at least 4 members (excludes halogenated alkanes) is 1. The van der Waals surface area contributed by atoms with Crippen molar-refractivity contribution in [1.29, 1.82) is 0 Å². The Hall–Kier alpha value is -2.46. The molecule has 192 valence electrons. The lowest BCUT2D eigenvalue weighted by atomic mass is 9.93. The van der Waals surface area contributed by atoms with Gasteiger partial charge < -0.3 is 15.7 Å². The van der Waals surface area contributed by atoms with Crippen molar-refractivity contribution < 1.29 is 18.3 Å². The van der Waals surface area contributed by atoms with Crippen LogP contribution in [0.5, 0.6) is 0 Å². The summed E-state index contributed by atoms with van der Waals surface area (Å²) in [6.07, 6.45) is 5.01. The van der Waals surface area contributed by atoms with Gasteiger partial charge in [0.25, 0.3) is 0 Å². The van der Waals surface area contributed by atoms with Gasteiger partial charge in [-0.1, -0.05) is 13.3 Å². The lowest BCUT2D eigenvalue weighted by Gasteiger charge is -2.27. The van der Waals surface area contributed by atoms with E-state index in [2.05, 4.69) is 32.5 Å². The van der Waals surface area contributed by atoms with Gasteiger partial charge in [0, 0.05) is 31.5 Å². The zero-order chi connectivity index (χ0) is 24.8. The first-order valence-corrected chi connectivity index (χ1v) is 12.7. The normalized spacial score (nSPS) is 21.3.